The van der Waals surface area contributed by atoms with E-state index in [4.69, 9.17) is 0 Å². The van der Waals surface area contributed by atoms with Gasteiger partial charge in [0.05, 0.1) is 6.10 Å². The van der Waals surface area contributed by atoms with Crippen molar-refractivity contribution < 1.29 is 9.90 Å². The zero-order valence-corrected chi connectivity index (χ0v) is 26.0. The molecule has 40 heavy (non-hydrogen) atoms. The first-order valence-corrected chi connectivity index (χ1v) is 17.0. The highest BCUT2D eigenvalue weighted by Crippen LogP contribution is 2.68. The summed E-state index contributed by atoms with van der Waals surface area (Å²) in [5.74, 6) is 4.15. The quantitative estimate of drug-likeness (QED) is 0.261. The Balaban J connectivity index is 1.10. The molecule has 1 heterocycles. The van der Waals surface area contributed by atoms with Crippen molar-refractivity contribution in [2.24, 2.45) is 46.3 Å². The lowest BCUT2D eigenvalue weighted by Crippen LogP contribution is -2.59. The van der Waals surface area contributed by atoms with Crippen LogP contribution in [0.4, 0.5) is 0 Å². The van der Waals surface area contributed by atoms with Crippen LogP contribution in [0, 0.1) is 46.3 Å². The molecule has 4 nitrogen and oxygen atoms in total. The molecule has 4 aliphatic carbocycles. The second-order valence-corrected chi connectivity index (χ2v) is 15.2. The first kappa shape index (κ1) is 30.2. The normalized spacial score (nSPS) is 39.7. The van der Waals surface area contributed by atoms with Crippen molar-refractivity contribution in [3.8, 4) is 0 Å². The van der Waals surface area contributed by atoms with E-state index >= 15 is 0 Å². The fourth-order valence-corrected chi connectivity index (χ4v) is 10.7. The number of carbonyl (C=O) groups excluding carboxylic acids is 1. The Morgan fingerprint density at radius 2 is 1.80 bits per heavy atom. The minimum Gasteiger partial charge on any atom is -0.393 e. The monoisotopic (exact) mass is 550 g/mol. The van der Waals surface area contributed by atoms with Crippen molar-refractivity contribution in [1.82, 2.24) is 10.3 Å². The molecule has 4 aliphatic rings. The third-order valence-corrected chi connectivity index (χ3v) is 12.9. The van der Waals surface area contributed by atoms with Crippen LogP contribution >= 0.6 is 0 Å². The van der Waals surface area contributed by atoms with E-state index in [1.54, 1.807) is 6.92 Å². The minimum absolute atomic E-state index is 0.128. The van der Waals surface area contributed by atoms with Crippen LogP contribution < -0.4 is 5.32 Å². The molecule has 1 aromatic rings. The number of aromatic nitrogens is 1. The topological polar surface area (TPSA) is 62.2 Å². The number of nitrogens with zero attached hydrogens (tertiary/aromatic N) is 1. The number of Topliss-reactive ketones (excluding diaryl/α,β-unsaturated/α-hetero) is 1. The largest absolute Gasteiger partial charge is 0.393 e. The van der Waals surface area contributed by atoms with Gasteiger partial charge in [-0.15, -0.1) is 0 Å². The maximum Gasteiger partial charge on any atom is 0.129 e. The first-order valence-electron chi connectivity index (χ1n) is 17.0. The molecule has 1 aromatic heterocycles. The molecule has 0 aromatic carbocycles. The van der Waals surface area contributed by atoms with Crippen LogP contribution in [0.25, 0.3) is 0 Å². The summed E-state index contributed by atoms with van der Waals surface area (Å²) in [7, 11) is 0. The molecule has 0 amide bonds. The molecule has 4 heteroatoms. The number of unbranched alkanes of at least 4 members (excludes halogenated alkanes) is 3. The molecule has 224 valence electrons. The van der Waals surface area contributed by atoms with Crippen molar-refractivity contribution in [2.45, 2.75) is 136 Å². The summed E-state index contributed by atoms with van der Waals surface area (Å²) in [5, 5.41) is 15.6. The van der Waals surface area contributed by atoms with E-state index < -0.39 is 0 Å². The van der Waals surface area contributed by atoms with Gasteiger partial charge in [0.25, 0.3) is 0 Å². The van der Waals surface area contributed by atoms with Gasteiger partial charge in [-0.05, 0) is 149 Å². The average molecular weight is 551 g/mol. The Bertz CT molecular complexity index is 967. The number of carbonyl (C=O) groups is 1. The van der Waals surface area contributed by atoms with Crippen LogP contribution in [0.1, 0.15) is 123 Å². The van der Waals surface area contributed by atoms with E-state index in [9.17, 15) is 9.90 Å². The van der Waals surface area contributed by atoms with Crippen LogP contribution in [0.2, 0.25) is 0 Å². The number of aliphatic hydroxyl groups is 1. The van der Waals surface area contributed by atoms with Gasteiger partial charge in [0, 0.05) is 24.4 Å². The van der Waals surface area contributed by atoms with Crippen molar-refractivity contribution >= 4 is 5.78 Å². The number of pyridine rings is 1. The molecule has 5 rings (SSSR count). The molecule has 2 N–H and O–H groups in total. The van der Waals surface area contributed by atoms with Crippen LogP contribution in [-0.4, -0.2) is 34.6 Å². The van der Waals surface area contributed by atoms with Gasteiger partial charge >= 0.3 is 0 Å². The smallest absolute Gasteiger partial charge is 0.129 e. The summed E-state index contributed by atoms with van der Waals surface area (Å²) in [4.78, 5) is 16.1. The predicted molar refractivity (Wildman–Crippen MR) is 164 cm³/mol. The Morgan fingerprint density at radius 3 is 2.58 bits per heavy atom. The van der Waals surface area contributed by atoms with E-state index in [1.165, 1.54) is 76.3 Å². The van der Waals surface area contributed by atoms with Crippen molar-refractivity contribution in [3.05, 3.63) is 30.1 Å². The average Bonchev–Trinajstić information content (AvgIpc) is 3.29. The second kappa shape index (κ2) is 12.9. The van der Waals surface area contributed by atoms with Crippen LogP contribution in [-0.2, 0) is 11.2 Å². The van der Waals surface area contributed by atoms with Crippen molar-refractivity contribution in [2.75, 3.05) is 6.54 Å². The van der Waals surface area contributed by atoms with E-state index in [2.05, 4.69) is 43.2 Å². The zero-order valence-electron chi connectivity index (χ0n) is 26.0. The highest BCUT2D eigenvalue weighted by Gasteiger charge is 2.62. The highest BCUT2D eigenvalue weighted by molar-refractivity contribution is 5.75. The molecule has 10 atom stereocenters. The van der Waals surface area contributed by atoms with Crippen molar-refractivity contribution in [1.29, 1.82) is 0 Å². The lowest BCUT2D eigenvalue weighted by molar-refractivity contribution is -0.167. The molecule has 0 bridgehead atoms. The second-order valence-electron chi connectivity index (χ2n) is 15.2. The number of ketones is 1. The van der Waals surface area contributed by atoms with Gasteiger partial charge in [0.1, 0.15) is 5.78 Å². The maximum absolute atomic E-state index is 11.7. The number of rotatable bonds is 12. The fraction of sp³-hybridized carbons (Fsp3) is 0.833. The number of hydrogen-bond donors (Lipinski definition) is 2. The summed E-state index contributed by atoms with van der Waals surface area (Å²) in [6.07, 6.45) is 19.8. The summed E-state index contributed by atoms with van der Waals surface area (Å²) in [6.45, 7) is 10.5. The molecule has 0 saturated heterocycles. The van der Waals surface area contributed by atoms with Gasteiger partial charge in [0.15, 0.2) is 0 Å². The lowest BCUT2D eigenvalue weighted by atomic mass is 9.43. The third-order valence-electron chi connectivity index (χ3n) is 12.9. The molecule has 0 spiro atoms. The molecule has 0 aliphatic heterocycles. The molecule has 4 unspecified atom stereocenters. The third kappa shape index (κ3) is 6.24. The standard InChI is InChI=1S/C36H58N2O2/c1-25(13-14-26(2)39)30-15-16-31-34-32(18-20-36(30,31)4)35(3)19-17-29(23-27(35)24-33(34)40)38-21-9-6-5-7-11-28-12-8-10-22-37-28/h8,10,12,22,25,27,29-34,38,40H,5-7,9,11,13-21,23-24H2,1-4H3/t25-,27-,29-,30-,31?,32?,33?,34?,35+,36-/m1/s1. The zero-order chi connectivity index (χ0) is 28.3. The molecule has 0 radical (unpaired) electrons. The van der Waals surface area contributed by atoms with E-state index in [-0.39, 0.29) is 6.10 Å². The van der Waals surface area contributed by atoms with E-state index in [1.807, 2.05) is 12.3 Å². The Kier molecular flexibility index (Phi) is 9.77. The predicted octanol–water partition coefficient (Wildman–Crippen LogP) is 7.78. The molecule has 4 saturated carbocycles. The molecular weight excluding hydrogens is 492 g/mol. The van der Waals surface area contributed by atoms with Gasteiger partial charge in [-0.2, -0.15) is 0 Å². The summed E-state index contributed by atoms with van der Waals surface area (Å²) in [6, 6.07) is 6.84. The van der Waals surface area contributed by atoms with Gasteiger partial charge in [0.2, 0.25) is 0 Å². The fourth-order valence-electron chi connectivity index (χ4n) is 10.7. The van der Waals surface area contributed by atoms with Crippen LogP contribution in [0.5, 0.6) is 0 Å². The summed E-state index contributed by atoms with van der Waals surface area (Å²) < 4.78 is 0. The molecular formula is C36H58N2O2. The first-order chi connectivity index (χ1) is 19.2. The summed E-state index contributed by atoms with van der Waals surface area (Å²) in [5.41, 5.74) is 1.96. The SMILES string of the molecule is CC(=O)CC[C@@H](C)[C@H]1CCC2C3C(O)C[C@H]4C[C@H](NCCCCCCc5ccccn5)CC[C@]4(C)C3CC[C@@]21C. The lowest BCUT2D eigenvalue weighted by Gasteiger charge is -2.62. The summed E-state index contributed by atoms with van der Waals surface area (Å²) >= 11 is 0. The Hall–Kier alpha value is -1.26. The number of hydrogen-bond acceptors (Lipinski definition) is 4. The Labute approximate surface area is 244 Å². The maximum atomic E-state index is 11.7. The van der Waals surface area contributed by atoms with E-state index in [0.717, 1.165) is 32.2 Å². The van der Waals surface area contributed by atoms with Gasteiger partial charge in [-0.3, -0.25) is 4.98 Å². The molecule has 4 fully saturated rings. The number of fused-ring (bicyclic) bond motifs is 5. The minimum atomic E-state index is -0.128. The van der Waals surface area contributed by atoms with Crippen LogP contribution in [0.15, 0.2) is 24.4 Å². The van der Waals surface area contributed by atoms with Gasteiger partial charge in [-0.1, -0.05) is 39.7 Å². The van der Waals surface area contributed by atoms with Gasteiger partial charge in [-0.25, -0.2) is 0 Å². The van der Waals surface area contributed by atoms with Crippen molar-refractivity contribution in [3.63, 3.8) is 0 Å². The highest BCUT2D eigenvalue weighted by atomic mass is 16.3. The van der Waals surface area contributed by atoms with E-state index in [0.29, 0.717) is 58.2 Å². The van der Waals surface area contributed by atoms with Gasteiger partial charge < -0.3 is 15.2 Å². The number of aliphatic hydroxyl groups excluding tert-OH is 1. The Morgan fingerprint density at radius 1 is 1.02 bits per heavy atom. The number of nitrogens with one attached hydrogen (secondary N) is 1. The van der Waals surface area contributed by atoms with Crippen LogP contribution in [0.3, 0.4) is 0 Å². The number of aryl methyl sites for hydroxylation is 1.